The molecule has 3 amide bonds. The van der Waals surface area contributed by atoms with Crippen LogP contribution in [-0.4, -0.2) is 44.0 Å². The normalized spacial score (nSPS) is 15.5. The molecule has 1 aliphatic heterocycles. The summed E-state index contributed by atoms with van der Waals surface area (Å²) in [7, 11) is 0. The van der Waals surface area contributed by atoms with E-state index in [4.69, 9.17) is 9.47 Å². The smallest absolute Gasteiger partial charge is 0.262 e. The van der Waals surface area contributed by atoms with Gasteiger partial charge in [0.15, 0.2) is 6.61 Å². The molecule has 0 unspecified atom stereocenters. The fraction of sp³-hybridized carbons (Fsp3) is 0.400. The minimum absolute atomic E-state index is 0.0805. The molecule has 2 N–H and O–H groups in total. The van der Waals surface area contributed by atoms with Crippen molar-refractivity contribution in [1.29, 1.82) is 0 Å². The number of nitrogens with one attached hydrogen (secondary N) is 2. The third-order valence-corrected chi connectivity index (χ3v) is 5.15. The van der Waals surface area contributed by atoms with Crippen LogP contribution < -0.4 is 25.0 Å². The topological polar surface area (TPSA) is 97.0 Å². The summed E-state index contributed by atoms with van der Waals surface area (Å²) in [6, 6.07) is 14.0. The van der Waals surface area contributed by atoms with Gasteiger partial charge in [0.25, 0.3) is 5.91 Å². The van der Waals surface area contributed by atoms with Crippen LogP contribution >= 0.6 is 0 Å². The second kappa shape index (κ2) is 11.4. The average Bonchev–Trinajstić information content (AvgIpc) is 3.19. The van der Waals surface area contributed by atoms with Crippen molar-refractivity contribution in [2.45, 2.75) is 27.2 Å². The minimum atomic E-state index is -0.349. The number of anilines is 2. The van der Waals surface area contributed by atoms with Gasteiger partial charge in [-0.3, -0.25) is 14.4 Å². The van der Waals surface area contributed by atoms with Crippen molar-refractivity contribution in [2.24, 2.45) is 11.8 Å². The number of ether oxygens (including phenoxy) is 2. The SMILES string of the molecule is CCOc1ccc(NC(=O)COc2ccc(N3C[C@@H](C(=O)NCC(C)C)CC3=O)cc2)cc1. The Bertz CT molecular complexity index is 957. The lowest BCUT2D eigenvalue weighted by atomic mass is 10.1. The van der Waals surface area contributed by atoms with Gasteiger partial charge in [-0.1, -0.05) is 13.8 Å². The maximum Gasteiger partial charge on any atom is 0.262 e. The standard InChI is InChI=1S/C25H31N3O5/c1-4-32-21-9-5-19(6-10-21)27-23(29)16-33-22-11-7-20(8-12-22)28-15-18(13-24(28)30)25(31)26-14-17(2)3/h5-12,17-18H,4,13-16H2,1-3H3,(H,26,31)(H,27,29)/t18-/m0/s1. The van der Waals surface area contributed by atoms with Crippen molar-refractivity contribution in [1.82, 2.24) is 5.32 Å². The van der Waals surface area contributed by atoms with Gasteiger partial charge in [0.05, 0.1) is 12.5 Å². The van der Waals surface area contributed by atoms with Gasteiger partial charge in [-0.25, -0.2) is 0 Å². The van der Waals surface area contributed by atoms with E-state index in [1.54, 1.807) is 53.4 Å². The number of carbonyl (C=O) groups is 3. The van der Waals surface area contributed by atoms with Crippen LogP contribution in [0.15, 0.2) is 48.5 Å². The molecule has 1 fully saturated rings. The van der Waals surface area contributed by atoms with E-state index in [0.29, 0.717) is 42.7 Å². The molecule has 0 aliphatic carbocycles. The maximum atomic E-state index is 12.4. The minimum Gasteiger partial charge on any atom is -0.494 e. The third-order valence-electron chi connectivity index (χ3n) is 5.15. The molecule has 33 heavy (non-hydrogen) atoms. The quantitative estimate of drug-likeness (QED) is 0.576. The largest absolute Gasteiger partial charge is 0.494 e. The zero-order valence-corrected chi connectivity index (χ0v) is 19.3. The fourth-order valence-electron chi connectivity index (χ4n) is 3.45. The van der Waals surface area contributed by atoms with E-state index in [-0.39, 0.29) is 36.7 Å². The van der Waals surface area contributed by atoms with Gasteiger partial charge < -0.3 is 25.0 Å². The number of amides is 3. The summed E-state index contributed by atoms with van der Waals surface area (Å²) in [5.74, 6) is 0.815. The van der Waals surface area contributed by atoms with Crippen LogP contribution in [-0.2, 0) is 14.4 Å². The number of carbonyl (C=O) groups excluding carboxylic acids is 3. The van der Waals surface area contributed by atoms with Gasteiger partial charge in [0, 0.05) is 30.9 Å². The van der Waals surface area contributed by atoms with Crippen LogP contribution in [0.3, 0.4) is 0 Å². The molecule has 0 radical (unpaired) electrons. The summed E-state index contributed by atoms with van der Waals surface area (Å²) in [5.41, 5.74) is 1.35. The fourth-order valence-corrected chi connectivity index (χ4v) is 3.45. The van der Waals surface area contributed by atoms with Crippen LogP contribution in [0.1, 0.15) is 27.2 Å². The van der Waals surface area contributed by atoms with Gasteiger partial charge in [-0.05, 0) is 61.4 Å². The van der Waals surface area contributed by atoms with Gasteiger partial charge >= 0.3 is 0 Å². The highest BCUT2D eigenvalue weighted by Gasteiger charge is 2.35. The molecule has 2 aromatic carbocycles. The Labute approximate surface area is 194 Å². The molecule has 2 aromatic rings. The molecule has 1 atom stereocenters. The van der Waals surface area contributed by atoms with Crippen molar-refractivity contribution in [3.63, 3.8) is 0 Å². The first kappa shape index (κ1) is 24.1. The zero-order chi connectivity index (χ0) is 23.8. The Morgan fingerprint density at radius 1 is 1.03 bits per heavy atom. The second-order valence-corrected chi connectivity index (χ2v) is 8.33. The molecule has 3 rings (SSSR count). The van der Waals surface area contributed by atoms with Crippen molar-refractivity contribution in [3.8, 4) is 11.5 Å². The molecule has 1 saturated heterocycles. The highest BCUT2D eigenvalue weighted by Crippen LogP contribution is 2.27. The van der Waals surface area contributed by atoms with E-state index in [1.807, 2.05) is 20.8 Å². The van der Waals surface area contributed by atoms with Crippen LogP contribution in [0.4, 0.5) is 11.4 Å². The lowest BCUT2D eigenvalue weighted by Crippen LogP contribution is -2.35. The van der Waals surface area contributed by atoms with Crippen molar-refractivity contribution >= 4 is 29.1 Å². The predicted octanol–water partition coefficient (Wildman–Crippen LogP) is 3.23. The lowest BCUT2D eigenvalue weighted by Gasteiger charge is -2.17. The van der Waals surface area contributed by atoms with Gasteiger partial charge in [0.1, 0.15) is 11.5 Å². The Kier molecular flexibility index (Phi) is 8.29. The molecule has 176 valence electrons. The zero-order valence-electron chi connectivity index (χ0n) is 19.3. The lowest BCUT2D eigenvalue weighted by molar-refractivity contribution is -0.126. The van der Waals surface area contributed by atoms with Crippen LogP contribution in [0.25, 0.3) is 0 Å². The van der Waals surface area contributed by atoms with Crippen LogP contribution in [0.5, 0.6) is 11.5 Å². The third kappa shape index (κ3) is 6.97. The molecule has 8 heteroatoms. The maximum absolute atomic E-state index is 12.4. The van der Waals surface area contributed by atoms with Gasteiger partial charge in [-0.15, -0.1) is 0 Å². The van der Waals surface area contributed by atoms with E-state index in [2.05, 4.69) is 10.6 Å². The molecule has 0 bridgehead atoms. The molecule has 0 saturated carbocycles. The molecule has 1 aliphatic rings. The van der Waals surface area contributed by atoms with Crippen molar-refractivity contribution in [3.05, 3.63) is 48.5 Å². The Morgan fingerprint density at radius 2 is 1.67 bits per heavy atom. The van der Waals surface area contributed by atoms with Gasteiger partial charge in [0.2, 0.25) is 11.8 Å². The van der Waals surface area contributed by atoms with Crippen molar-refractivity contribution < 1.29 is 23.9 Å². The molecule has 1 heterocycles. The summed E-state index contributed by atoms with van der Waals surface area (Å²) >= 11 is 0. The molecular formula is C25H31N3O5. The predicted molar refractivity (Wildman–Crippen MR) is 126 cm³/mol. The molecule has 0 spiro atoms. The first-order chi connectivity index (χ1) is 15.9. The summed E-state index contributed by atoms with van der Waals surface area (Å²) < 4.78 is 10.9. The van der Waals surface area contributed by atoms with Gasteiger partial charge in [-0.2, -0.15) is 0 Å². The summed E-state index contributed by atoms with van der Waals surface area (Å²) in [6.45, 7) is 7.35. The Balaban J connectivity index is 1.48. The second-order valence-electron chi connectivity index (χ2n) is 8.33. The first-order valence-electron chi connectivity index (χ1n) is 11.2. The summed E-state index contributed by atoms with van der Waals surface area (Å²) in [6.07, 6.45) is 0.202. The van der Waals surface area contributed by atoms with E-state index in [1.165, 1.54) is 0 Å². The molecule has 0 aromatic heterocycles. The van der Waals surface area contributed by atoms with E-state index in [9.17, 15) is 14.4 Å². The van der Waals surface area contributed by atoms with Crippen molar-refractivity contribution in [2.75, 3.05) is 36.5 Å². The number of hydrogen-bond acceptors (Lipinski definition) is 5. The number of benzene rings is 2. The Morgan fingerprint density at radius 3 is 2.30 bits per heavy atom. The van der Waals surface area contributed by atoms with E-state index < -0.39 is 0 Å². The molecular weight excluding hydrogens is 422 g/mol. The first-order valence-corrected chi connectivity index (χ1v) is 11.2. The molecule has 8 nitrogen and oxygen atoms in total. The van der Waals surface area contributed by atoms with E-state index in [0.717, 1.165) is 5.75 Å². The van der Waals surface area contributed by atoms with Crippen LogP contribution in [0, 0.1) is 11.8 Å². The Hall–Kier alpha value is -3.55. The average molecular weight is 454 g/mol. The summed E-state index contributed by atoms with van der Waals surface area (Å²) in [5, 5.41) is 5.66. The highest BCUT2D eigenvalue weighted by atomic mass is 16.5. The number of hydrogen-bond donors (Lipinski definition) is 2. The summed E-state index contributed by atoms with van der Waals surface area (Å²) in [4.78, 5) is 38.5. The van der Waals surface area contributed by atoms with E-state index >= 15 is 0 Å². The number of nitrogens with zero attached hydrogens (tertiary/aromatic N) is 1. The highest BCUT2D eigenvalue weighted by molar-refractivity contribution is 6.00. The van der Waals surface area contributed by atoms with Crippen LogP contribution in [0.2, 0.25) is 0 Å². The monoisotopic (exact) mass is 453 g/mol. The number of rotatable bonds is 10.